The summed E-state index contributed by atoms with van der Waals surface area (Å²) in [6, 6.07) is 4.75. The van der Waals surface area contributed by atoms with E-state index < -0.39 is 29.1 Å². The topological polar surface area (TPSA) is 86.7 Å². The molecule has 1 heterocycles. The first-order valence-electron chi connectivity index (χ1n) is 8.36. The van der Waals surface area contributed by atoms with E-state index in [9.17, 15) is 19.5 Å². The van der Waals surface area contributed by atoms with E-state index in [0.717, 1.165) is 12.8 Å². The zero-order chi connectivity index (χ0) is 18.4. The van der Waals surface area contributed by atoms with Gasteiger partial charge in [0.2, 0.25) is 5.91 Å². The molecule has 0 bridgehead atoms. The fraction of sp³-hybridized carbons (Fsp3) is 0.500. The van der Waals surface area contributed by atoms with Gasteiger partial charge in [0.05, 0.1) is 23.1 Å². The number of halogens is 1. The predicted octanol–water partition coefficient (Wildman–Crippen LogP) is 2.87. The fourth-order valence-corrected chi connectivity index (χ4v) is 3.87. The molecule has 1 aromatic carbocycles. The molecule has 6 nitrogen and oxygen atoms in total. The minimum absolute atomic E-state index is 0.144. The van der Waals surface area contributed by atoms with E-state index in [-0.39, 0.29) is 5.91 Å². The standard InChI is InChI=1S/C18H21ClN2O4/c1-18(2)13(14(18)17(24)25)15(22)20-12-9-10(19)5-6-11(12)16(23)21-7-3-4-8-21/h5-6,9,13-14H,3-4,7-8H2,1-2H3,(H,20,22)(H,24,25)/t13-,14+/m0/s1. The summed E-state index contributed by atoms with van der Waals surface area (Å²) in [5.74, 6) is -2.86. The molecule has 2 atom stereocenters. The summed E-state index contributed by atoms with van der Waals surface area (Å²) < 4.78 is 0. The first kappa shape index (κ1) is 17.7. The third-order valence-corrected chi connectivity index (χ3v) is 5.47. The summed E-state index contributed by atoms with van der Waals surface area (Å²) in [5.41, 5.74) is 0.111. The van der Waals surface area contributed by atoms with Crippen molar-refractivity contribution in [3.05, 3.63) is 28.8 Å². The predicted molar refractivity (Wildman–Crippen MR) is 93.6 cm³/mol. The maximum atomic E-state index is 12.7. The van der Waals surface area contributed by atoms with Gasteiger partial charge in [-0.1, -0.05) is 25.4 Å². The quantitative estimate of drug-likeness (QED) is 0.860. The molecule has 0 unspecified atom stereocenters. The molecule has 0 aromatic heterocycles. The smallest absolute Gasteiger partial charge is 0.307 e. The lowest BCUT2D eigenvalue weighted by Gasteiger charge is -2.18. The van der Waals surface area contributed by atoms with Gasteiger partial charge < -0.3 is 15.3 Å². The molecule has 134 valence electrons. The van der Waals surface area contributed by atoms with Crippen molar-refractivity contribution >= 4 is 35.1 Å². The molecule has 2 aliphatic rings. The summed E-state index contributed by atoms with van der Waals surface area (Å²) in [4.78, 5) is 38.3. The lowest BCUT2D eigenvalue weighted by molar-refractivity contribution is -0.140. The van der Waals surface area contributed by atoms with Crippen molar-refractivity contribution in [2.24, 2.45) is 17.3 Å². The summed E-state index contributed by atoms with van der Waals surface area (Å²) >= 11 is 6.02. The Hall–Kier alpha value is -2.08. The van der Waals surface area contributed by atoms with E-state index in [1.807, 2.05) is 0 Å². The maximum Gasteiger partial charge on any atom is 0.307 e. The van der Waals surface area contributed by atoms with Crippen molar-refractivity contribution in [3.63, 3.8) is 0 Å². The minimum Gasteiger partial charge on any atom is -0.481 e. The number of hydrogen-bond acceptors (Lipinski definition) is 3. The second-order valence-electron chi connectivity index (χ2n) is 7.29. The van der Waals surface area contributed by atoms with Gasteiger partial charge in [0, 0.05) is 18.1 Å². The zero-order valence-corrected chi connectivity index (χ0v) is 15.0. The van der Waals surface area contributed by atoms with Crippen LogP contribution in [0.25, 0.3) is 0 Å². The number of carboxylic acids is 1. The molecule has 1 saturated heterocycles. The number of rotatable bonds is 4. The van der Waals surface area contributed by atoms with Crippen molar-refractivity contribution in [1.82, 2.24) is 4.90 Å². The third kappa shape index (κ3) is 3.23. The second-order valence-corrected chi connectivity index (χ2v) is 7.73. The summed E-state index contributed by atoms with van der Waals surface area (Å²) in [5, 5.41) is 12.4. The highest BCUT2D eigenvalue weighted by atomic mass is 35.5. The van der Waals surface area contributed by atoms with Gasteiger partial charge in [-0.3, -0.25) is 14.4 Å². The van der Waals surface area contributed by atoms with Crippen LogP contribution in [0.1, 0.15) is 37.0 Å². The highest BCUT2D eigenvalue weighted by molar-refractivity contribution is 6.31. The summed E-state index contributed by atoms with van der Waals surface area (Å²) in [6.07, 6.45) is 1.94. The van der Waals surface area contributed by atoms with Gasteiger partial charge in [-0.05, 0) is 36.5 Å². The molecular weight excluding hydrogens is 344 g/mol. The van der Waals surface area contributed by atoms with Gasteiger partial charge >= 0.3 is 5.97 Å². The number of hydrogen-bond donors (Lipinski definition) is 2. The van der Waals surface area contributed by atoms with Crippen LogP contribution in [0.2, 0.25) is 5.02 Å². The maximum absolute atomic E-state index is 12.7. The number of nitrogens with zero attached hydrogens (tertiary/aromatic N) is 1. The molecule has 1 aromatic rings. The number of aliphatic carboxylic acids is 1. The number of anilines is 1. The van der Waals surface area contributed by atoms with E-state index in [1.165, 1.54) is 6.07 Å². The molecule has 1 aliphatic heterocycles. The Kier molecular flexibility index (Phi) is 4.49. The number of carbonyl (C=O) groups is 3. The molecule has 1 aliphatic carbocycles. The lowest BCUT2D eigenvalue weighted by Crippen LogP contribution is -2.29. The van der Waals surface area contributed by atoms with Gasteiger partial charge in [-0.25, -0.2) is 0 Å². The monoisotopic (exact) mass is 364 g/mol. The van der Waals surface area contributed by atoms with Gasteiger partial charge in [0.25, 0.3) is 5.91 Å². The van der Waals surface area contributed by atoms with Crippen LogP contribution in [0.15, 0.2) is 18.2 Å². The van der Waals surface area contributed by atoms with Crippen LogP contribution in [-0.2, 0) is 9.59 Å². The number of carbonyl (C=O) groups excluding carboxylic acids is 2. The number of benzene rings is 1. The Morgan fingerprint density at radius 3 is 2.40 bits per heavy atom. The highest BCUT2D eigenvalue weighted by Gasteiger charge is 2.65. The lowest BCUT2D eigenvalue weighted by atomic mass is 10.1. The Labute approximate surface area is 151 Å². The molecule has 7 heteroatoms. The van der Waals surface area contributed by atoms with Crippen molar-refractivity contribution in [2.75, 3.05) is 18.4 Å². The average molecular weight is 365 g/mol. The number of likely N-dealkylation sites (tertiary alicyclic amines) is 1. The molecule has 2 fully saturated rings. The zero-order valence-electron chi connectivity index (χ0n) is 14.2. The van der Waals surface area contributed by atoms with Gasteiger partial charge in [-0.15, -0.1) is 0 Å². The van der Waals surface area contributed by atoms with Crippen molar-refractivity contribution < 1.29 is 19.5 Å². The van der Waals surface area contributed by atoms with Crippen molar-refractivity contribution in [3.8, 4) is 0 Å². The fourth-order valence-electron chi connectivity index (χ4n) is 3.70. The van der Waals surface area contributed by atoms with Gasteiger partial charge in [0.15, 0.2) is 0 Å². The van der Waals surface area contributed by atoms with Crippen LogP contribution < -0.4 is 5.32 Å². The summed E-state index contributed by atoms with van der Waals surface area (Å²) in [6.45, 7) is 4.91. The molecule has 2 amide bonds. The normalized spacial score (nSPS) is 24.0. The Morgan fingerprint density at radius 1 is 1.20 bits per heavy atom. The minimum atomic E-state index is -0.982. The molecule has 2 N–H and O–H groups in total. The van der Waals surface area contributed by atoms with Crippen LogP contribution in [0.5, 0.6) is 0 Å². The van der Waals surface area contributed by atoms with Crippen LogP contribution in [0.3, 0.4) is 0 Å². The molecule has 0 spiro atoms. The van der Waals surface area contributed by atoms with Crippen LogP contribution >= 0.6 is 11.6 Å². The Morgan fingerprint density at radius 2 is 1.84 bits per heavy atom. The van der Waals surface area contributed by atoms with E-state index in [2.05, 4.69) is 5.32 Å². The molecule has 1 saturated carbocycles. The second kappa shape index (κ2) is 6.33. The first-order valence-corrected chi connectivity index (χ1v) is 8.74. The van der Waals surface area contributed by atoms with Crippen LogP contribution in [-0.4, -0.2) is 40.9 Å². The van der Waals surface area contributed by atoms with Gasteiger partial charge in [-0.2, -0.15) is 0 Å². The Bertz CT molecular complexity index is 741. The van der Waals surface area contributed by atoms with E-state index >= 15 is 0 Å². The van der Waals surface area contributed by atoms with E-state index in [4.69, 9.17) is 11.6 Å². The Balaban J connectivity index is 1.82. The average Bonchev–Trinajstić information content (AvgIpc) is 2.88. The SMILES string of the molecule is CC1(C)[C@H](C(=O)Nc2cc(Cl)ccc2C(=O)N2CCCC2)[C@@H]1C(=O)O. The molecule has 0 radical (unpaired) electrons. The molecule has 3 rings (SSSR count). The number of amides is 2. The van der Waals surface area contributed by atoms with Crippen LogP contribution in [0, 0.1) is 17.3 Å². The molecule has 25 heavy (non-hydrogen) atoms. The third-order valence-electron chi connectivity index (χ3n) is 5.24. The first-order chi connectivity index (χ1) is 11.7. The van der Waals surface area contributed by atoms with Gasteiger partial charge in [0.1, 0.15) is 0 Å². The largest absolute Gasteiger partial charge is 0.481 e. The highest BCUT2D eigenvalue weighted by Crippen LogP contribution is 2.58. The van der Waals surface area contributed by atoms with E-state index in [1.54, 1.807) is 30.9 Å². The van der Waals surface area contributed by atoms with E-state index in [0.29, 0.717) is 29.4 Å². The van der Waals surface area contributed by atoms with Crippen molar-refractivity contribution in [2.45, 2.75) is 26.7 Å². The van der Waals surface area contributed by atoms with Crippen molar-refractivity contribution in [1.29, 1.82) is 0 Å². The molecular formula is C18H21ClN2O4. The summed E-state index contributed by atoms with van der Waals surface area (Å²) in [7, 11) is 0. The van der Waals surface area contributed by atoms with Crippen LogP contribution in [0.4, 0.5) is 5.69 Å². The number of carboxylic acid groups (broad SMARTS) is 1. The number of nitrogens with one attached hydrogen (secondary N) is 1.